The van der Waals surface area contributed by atoms with E-state index < -0.39 is 17.8 Å². The molecule has 112 valence electrons. The molecule has 0 aliphatic rings. The number of carbonyl (C=O) groups is 1. The van der Waals surface area contributed by atoms with E-state index >= 15 is 0 Å². The zero-order valence-electron chi connectivity index (χ0n) is 10.2. The van der Waals surface area contributed by atoms with Gasteiger partial charge in [0.05, 0.1) is 5.56 Å². The van der Waals surface area contributed by atoms with Gasteiger partial charge in [0.1, 0.15) is 10.7 Å². The van der Waals surface area contributed by atoms with Crippen molar-refractivity contribution in [3.63, 3.8) is 0 Å². The Kier molecular flexibility index (Phi) is 4.74. The highest BCUT2D eigenvalue weighted by molar-refractivity contribution is 8.03. The van der Waals surface area contributed by atoms with Crippen molar-refractivity contribution in [2.75, 3.05) is 6.26 Å². The minimum atomic E-state index is -4.64. The summed E-state index contributed by atoms with van der Waals surface area (Å²) in [6.45, 7) is 0. The molecule has 1 N–H and O–H groups in total. The van der Waals surface area contributed by atoms with Gasteiger partial charge in [0.25, 0.3) is 0 Å². The zero-order valence-corrected chi connectivity index (χ0v) is 12.7. The smallest absolute Gasteiger partial charge is 0.433 e. The first-order valence-corrected chi connectivity index (χ1v) is 8.04. The Bertz CT molecular complexity index is 675. The molecule has 0 aromatic carbocycles. The van der Waals surface area contributed by atoms with Gasteiger partial charge in [-0.1, -0.05) is 23.1 Å². The molecule has 0 aliphatic carbocycles. The van der Waals surface area contributed by atoms with Crippen LogP contribution in [0.25, 0.3) is 0 Å². The number of pyridine rings is 1. The Labute approximate surface area is 129 Å². The number of carboxylic acids is 1. The van der Waals surface area contributed by atoms with E-state index in [0.29, 0.717) is 14.7 Å². The number of rotatable bonds is 4. The van der Waals surface area contributed by atoms with Gasteiger partial charge in [0, 0.05) is 0 Å². The Hall–Kier alpha value is -1.33. The molecule has 0 spiro atoms. The third-order valence-corrected chi connectivity index (χ3v) is 5.08. The van der Waals surface area contributed by atoms with Gasteiger partial charge in [-0.15, -0.1) is 10.2 Å². The fourth-order valence-corrected chi connectivity index (χ4v) is 3.70. The fraction of sp³-hybridized carbons (Fsp3) is 0.200. The Morgan fingerprint density at radius 1 is 1.29 bits per heavy atom. The predicted octanol–water partition coefficient (Wildman–Crippen LogP) is 3.52. The molecular formula is C10H6F3N3O2S3. The zero-order chi connectivity index (χ0) is 15.6. The van der Waals surface area contributed by atoms with Crippen LogP contribution in [0.5, 0.6) is 0 Å². The summed E-state index contributed by atoms with van der Waals surface area (Å²) in [4.78, 5) is 14.4. The summed E-state index contributed by atoms with van der Waals surface area (Å²) in [6.07, 6.45) is -2.86. The van der Waals surface area contributed by atoms with Crippen LogP contribution in [0.2, 0.25) is 0 Å². The SMILES string of the molecule is CSc1nnc(Sc2nc(C(F)(F)F)ccc2C(=O)O)s1. The van der Waals surface area contributed by atoms with Crippen LogP contribution in [0.3, 0.4) is 0 Å². The van der Waals surface area contributed by atoms with Crippen LogP contribution in [0.1, 0.15) is 16.1 Å². The average Bonchev–Trinajstić information content (AvgIpc) is 2.85. The van der Waals surface area contributed by atoms with Gasteiger partial charge >= 0.3 is 12.1 Å². The molecule has 5 nitrogen and oxygen atoms in total. The van der Waals surface area contributed by atoms with Crippen LogP contribution in [0.4, 0.5) is 13.2 Å². The standard InChI is InChI=1S/C10H6F3N3O2S3/c1-19-8-15-16-9(21-8)20-6-4(7(17)18)2-3-5(14-6)10(11,12)13/h2-3H,1H3,(H,17,18). The van der Waals surface area contributed by atoms with E-state index in [9.17, 15) is 18.0 Å². The van der Waals surface area contributed by atoms with Crippen molar-refractivity contribution in [3.8, 4) is 0 Å². The molecule has 21 heavy (non-hydrogen) atoms. The third-order valence-electron chi connectivity index (χ3n) is 2.13. The second-order valence-electron chi connectivity index (χ2n) is 3.49. The van der Waals surface area contributed by atoms with E-state index in [1.165, 1.54) is 11.8 Å². The van der Waals surface area contributed by atoms with Gasteiger partial charge in [0.15, 0.2) is 8.68 Å². The summed E-state index contributed by atoms with van der Waals surface area (Å²) in [6, 6.07) is 1.53. The molecular weight excluding hydrogens is 347 g/mol. The predicted molar refractivity (Wildman–Crippen MR) is 72.0 cm³/mol. The lowest BCUT2D eigenvalue weighted by Crippen LogP contribution is -2.11. The Morgan fingerprint density at radius 3 is 2.48 bits per heavy atom. The van der Waals surface area contributed by atoms with Crippen LogP contribution in [0.15, 0.2) is 25.8 Å². The highest BCUT2D eigenvalue weighted by atomic mass is 32.2. The average molecular weight is 353 g/mol. The first-order valence-electron chi connectivity index (χ1n) is 5.18. The minimum absolute atomic E-state index is 0.263. The number of nitrogens with zero attached hydrogens (tertiary/aromatic N) is 3. The molecule has 0 unspecified atom stereocenters. The summed E-state index contributed by atoms with van der Waals surface area (Å²) in [5.41, 5.74) is -1.46. The summed E-state index contributed by atoms with van der Waals surface area (Å²) >= 11 is 3.23. The van der Waals surface area contributed by atoms with Crippen molar-refractivity contribution in [3.05, 3.63) is 23.4 Å². The summed E-state index contributed by atoms with van der Waals surface area (Å²) in [5, 5.41) is 16.3. The van der Waals surface area contributed by atoms with Crippen molar-refractivity contribution in [2.24, 2.45) is 0 Å². The monoisotopic (exact) mass is 353 g/mol. The second-order valence-corrected chi connectivity index (χ2v) is 6.76. The first-order chi connectivity index (χ1) is 9.81. The number of aromatic carboxylic acids is 1. The lowest BCUT2D eigenvalue weighted by Gasteiger charge is -2.08. The maximum Gasteiger partial charge on any atom is 0.433 e. The van der Waals surface area contributed by atoms with Crippen LogP contribution in [-0.2, 0) is 6.18 Å². The second kappa shape index (κ2) is 6.20. The van der Waals surface area contributed by atoms with Gasteiger partial charge in [-0.2, -0.15) is 13.2 Å². The number of aromatic nitrogens is 3. The van der Waals surface area contributed by atoms with E-state index in [2.05, 4.69) is 15.2 Å². The van der Waals surface area contributed by atoms with Crippen molar-refractivity contribution >= 4 is 40.8 Å². The highest BCUT2D eigenvalue weighted by Crippen LogP contribution is 2.36. The van der Waals surface area contributed by atoms with Gasteiger partial charge < -0.3 is 5.11 Å². The maximum atomic E-state index is 12.7. The molecule has 2 aromatic heterocycles. The lowest BCUT2D eigenvalue weighted by atomic mass is 10.2. The number of hydrogen-bond donors (Lipinski definition) is 1. The molecule has 0 radical (unpaired) electrons. The van der Waals surface area contributed by atoms with E-state index in [-0.39, 0.29) is 10.6 Å². The number of thioether (sulfide) groups is 1. The van der Waals surface area contributed by atoms with Crippen LogP contribution in [0, 0.1) is 0 Å². The molecule has 0 bridgehead atoms. The minimum Gasteiger partial charge on any atom is -0.478 e. The van der Waals surface area contributed by atoms with Crippen LogP contribution in [-0.4, -0.2) is 32.5 Å². The largest absolute Gasteiger partial charge is 0.478 e. The van der Waals surface area contributed by atoms with Crippen molar-refractivity contribution in [1.82, 2.24) is 15.2 Å². The van der Waals surface area contributed by atoms with Gasteiger partial charge in [-0.25, -0.2) is 9.78 Å². The fourth-order valence-electron chi connectivity index (χ4n) is 1.24. The van der Waals surface area contributed by atoms with E-state index in [1.807, 2.05) is 0 Å². The molecule has 0 atom stereocenters. The topological polar surface area (TPSA) is 76.0 Å². The molecule has 2 aromatic rings. The number of hydrogen-bond acceptors (Lipinski definition) is 7. The van der Waals surface area contributed by atoms with Gasteiger partial charge in [0.2, 0.25) is 0 Å². The molecule has 0 aliphatic heterocycles. The Morgan fingerprint density at radius 2 is 1.95 bits per heavy atom. The molecule has 11 heteroatoms. The normalized spacial score (nSPS) is 11.6. The number of alkyl halides is 3. The molecule has 0 amide bonds. The summed E-state index contributed by atoms with van der Waals surface area (Å²) in [5.74, 6) is -1.35. The molecule has 2 rings (SSSR count). The van der Waals surface area contributed by atoms with Crippen molar-refractivity contribution in [2.45, 2.75) is 19.9 Å². The molecule has 2 heterocycles. The molecule has 0 saturated heterocycles. The van der Waals surface area contributed by atoms with E-state index in [1.54, 1.807) is 6.26 Å². The lowest BCUT2D eigenvalue weighted by molar-refractivity contribution is -0.141. The van der Waals surface area contributed by atoms with E-state index in [4.69, 9.17) is 5.11 Å². The van der Waals surface area contributed by atoms with Crippen molar-refractivity contribution < 1.29 is 23.1 Å². The number of halogens is 3. The van der Waals surface area contributed by atoms with Gasteiger partial charge in [-0.3, -0.25) is 0 Å². The van der Waals surface area contributed by atoms with E-state index in [0.717, 1.165) is 29.2 Å². The van der Waals surface area contributed by atoms with Crippen LogP contribution < -0.4 is 0 Å². The van der Waals surface area contributed by atoms with Crippen LogP contribution >= 0.6 is 34.9 Å². The maximum absolute atomic E-state index is 12.7. The van der Waals surface area contributed by atoms with Gasteiger partial charge in [-0.05, 0) is 30.2 Å². The molecule has 0 saturated carbocycles. The summed E-state index contributed by atoms with van der Waals surface area (Å²) in [7, 11) is 0. The third kappa shape index (κ3) is 3.86. The Balaban J connectivity index is 2.41. The first kappa shape index (κ1) is 16.0. The summed E-state index contributed by atoms with van der Waals surface area (Å²) < 4.78 is 38.9. The highest BCUT2D eigenvalue weighted by Gasteiger charge is 2.33. The molecule has 0 fully saturated rings. The van der Waals surface area contributed by atoms with Crippen molar-refractivity contribution in [1.29, 1.82) is 0 Å². The number of carboxylic acid groups (broad SMARTS) is 1. The quantitative estimate of drug-likeness (QED) is 0.843.